The highest BCUT2D eigenvalue weighted by Crippen LogP contribution is 2.27. The fourth-order valence-corrected chi connectivity index (χ4v) is 3.92. The lowest BCUT2D eigenvalue weighted by atomic mass is 9.91. The minimum absolute atomic E-state index is 0.151. The molecule has 3 aromatic rings. The Morgan fingerprint density at radius 3 is 2.62 bits per heavy atom. The molecule has 0 bridgehead atoms. The molecule has 2 aromatic carbocycles. The highest BCUT2D eigenvalue weighted by Gasteiger charge is 2.21. The van der Waals surface area contributed by atoms with Gasteiger partial charge in [-0.15, -0.1) is 0 Å². The summed E-state index contributed by atoms with van der Waals surface area (Å²) in [6.45, 7) is 3.34. The van der Waals surface area contributed by atoms with Crippen molar-refractivity contribution in [2.75, 3.05) is 18.4 Å². The largest absolute Gasteiger partial charge is 0.356 e. The standard InChI is InChI=1S/C23H25N3O3/c1-16(27)26-13-11-17(12-14-26)7-10-21-20-9-8-19(15-22(20)29-25-21)24-23(28)18-5-3-2-4-6-18/h2-6,8-9,15,17H,7,10-14H2,1H3,(H,24,28). The normalized spacial score (nSPS) is 14.9. The number of aryl methyl sites for hydroxylation is 1. The number of nitrogens with zero attached hydrogens (tertiary/aromatic N) is 2. The van der Waals surface area contributed by atoms with E-state index in [4.69, 9.17) is 4.52 Å². The van der Waals surface area contributed by atoms with E-state index in [-0.39, 0.29) is 11.8 Å². The summed E-state index contributed by atoms with van der Waals surface area (Å²) in [4.78, 5) is 25.7. The molecule has 6 heteroatoms. The fourth-order valence-electron chi connectivity index (χ4n) is 3.92. The zero-order valence-electron chi connectivity index (χ0n) is 16.6. The Morgan fingerprint density at radius 2 is 1.90 bits per heavy atom. The molecule has 0 atom stereocenters. The van der Waals surface area contributed by atoms with Gasteiger partial charge in [0.1, 0.15) is 0 Å². The van der Waals surface area contributed by atoms with E-state index >= 15 is 0 Å². The summed E-state index contributed by atoms with van der Waals surface area (Å²) in [7, 11) is 0. The summed E-state index contributed by atoms with van der Waals surface area (Å²) in [6, 6.07) is 14.8. The first-order valence-corrected chi connectivity index (χ1v) is 10.1. The minimum Gasteiger partial charge on any atom is -0.356 e. The molecule has 1 fully saturated rings. The number of carbonyl (C=O) groups excluding carboxylic acids is 2. The lowest BCUT2D eigenvalue weighted by Crippen LogP contribution is -2.37. The zero-order valence-corrected chi connectivity index (χ0v) is 16.6. The van der Waals surface area contributed by atoms with Crippen LogP contribution in [-0.2, 0) is 11.2 Å². The Kier molecular flexibility index (Phi) is 5.60. The first-order chi connectivity index (χ1) is 14.1. The SMILES string of the molecule is CC(=O)N1CCC(CCc2noc3cc(NC(=O)c4ccccc4)ccc23)CC1. The zero-order chi connectivity index (χ0) is 20.2. The second-order valence-electron chi connectivity index (χ2n) is 7.65. The maximum absolute atomic E-state index is 12.3. The molecular formula is C23H25N3O3. The van der Waals surface area contributed by atoms with E-state index in [1.54, 1.807) is 19.1 Å². The number of fused-ring (bicyclic) bond motifs is 1. The monoisotopic (exact) mass is 391 g/mol. The van der Waals surface area contributed by atoms with Crippen LogP contribution in [0, 0.1) is 5.92 Å². The summed E-state index contributed by atoms with van der Waals surface area (Å²) in [5, 5.41) is 8.14. The molecule has 2 amide bonds. The van der Waals surface area contributed by atoms with E-state index in [0.717, 1.165) is 49.9 Å². The molecule has 2 heterocycles. The van der Waals surface area contributed by atoms with E-state index in [9.17, 15) is 9.59 Å². The molecule has 29 heavy (non-hydrogen) atoms. The lowest BCUT2D eigenvalue weighted by Gasteiger charge is -2.31. The van der Waals surface area contributed by atoms with Gasteiger partial charge in [-0.3, -0.25) is 9.59 Å². The summed E-state index contributed by atoms with van der Waals surface area (Å²) < 4.78 is 5.51. The predicted molar refractivity (Wildman–Crippen MR) is 112 cm³/mol. The quantitative estimate of drug-likeness (QED) is 0.705. The van der Waals surface area contributed by atoms with Crippen molar-refractivity contribution < 1.29 is 14.1 Å². The highest BCUT2D eigenvalue weighted by molar-refractivity contribution is 6.05. The third-order valence-electron chi connectivity index (χ3n) is 5.69. The van der Waals surface area contributed by atoms with Crippen LogP contribution < -0.4 is 5.32 Å². The molecule has 0 unspecified atom stereocenters. The molecule has 1 aromatic heterocycles. The van der Waals surface area contributed by atoms with Gasteiger partial charge in [0.15, 0.2) is 5.58 Å². The number of hydrogen-bond donors (Lipinski definition) is 1. The van der Waals surface area contributed by atoms with Gasteiger partial charge in [-0.2, -0.15) is 0 Å². The molecule has 4 rings (SSSR count). The number of aromatic nitrogens is 1. The van der Waals surface area contributed by atoms with Gasteiger partial charge in [-0.05, 0) is 55.9 Å². The Morgan fingerprint density at radius 1 is 1.14 bits per heavy atom. The number of likely N-dealkylation sites (tertiary alicyclic amines) is 1. The van der Waals surface area contributed by atoms with Crippen molar-refractivity contribution in [1.82, 2.24) is 10.1 Å². The van der Waals surface area contributed by atoms with Crippen LogP contribution >= 0.6 is 0 Å². The van der Waals surface area contributed by atoms with Crippen LogP contribution in [0.25, 0.3) is 11.0 Å². The van der Waals surface area contributed by atoms with E-state index in [0.29, 0.717) is 22.8 Å². The molecule has 6 nitrogen and oxygen atoms in total. The highest BCUT2D eigenvalue weighted by atomic mass is 16.5. The lowest BCUT2D eigenvalue weighted by molar-refractivity contribution is -0.130. The number of anilines is 1. The number of nitrogens with one attached hydrogen (secondary N) is 1. The fraction of sp³-hybridized carbons (Fsp3) is 0.348. The average molecular weight is 391 g/mol. The Balaban J connectivity index is 1.37. The van der Waals surface area contributed by atoms with Crippen LogP contribution in [0.2, 0.25) is 0 Å². The number of piperidine rings is 1. The molecule has 1 aliphatic rings. The van der Waals surface area contributed by atoms with Gasteiger partial charge >= 0.3 is 0 Å². The number of benzene rings is 2. The number of rotatable bonds is 5. The molecule has 0 radical (unpaired) electrons. The smallest absolute Gasteiger partial charge is 0.255 e. The van der Waals surface area contributed by atoms with E-state index in [2.05, 4.69) is 10.5 Å². The second-order valence-corrected chi connectivity index (χ2v) is 7.65. The molecule has 0 aliphatic carbocycles. The van der Waals surface area contributed by atoms with Gasteiger partial charge < -0.3 is 14.7 Å². The van der Waals surface area contributed by atoms with Crippen molar-refractivity contribution in [3.63, 3.8) is 0 Å². The second kappa shape index (κ2) is 8.47. The van der Waals surface area contributed by atoms with Crippen LogP contribution in [0.5, 0.6) is 0 Å². The van der Waals surface area contributed by atoms with Gasteiger partial charge in [-0.25, -0.2) is 0 Å². The van der Waals surface area contributed by atoms with Gasteiger partial charge in [0.2, 0.25) is 5.91 Å². The molecular weight excluding hydrogens is 366 g/mol. The Hall–Kier alpha value is -3.15. The van der Waals surface area contributed by atoms with Gasteiger partial charge in [-0.1, -0.05) is 23.4 Å². The molecule has 1 aliphatic heterocycles. The molecule has 1 N–H and O–H groups in total. The summed E-state index contributed by atoms with van der Waals surface area (Å²) in [5.74, 6) is 0.629. The van der Waals surface area contributed by atoms with Gasteiger partial charge in [0, 0.05) is 42.7 Å². The molecule has 0 spiro atoms. The Bertz CT molecular complexity index is 1000. The first-order valence-electron chi connectivity index (χ1n) is 10.1. The molecule has 0 saturated carbocycles. The van der Waals surface area contributed by atoms with Crippen molar-refractivity contribution in [2.45, 2.75) is 32.6 Å². The van der Waals surface area contributed by atoms with Gasteiger partial charge in [0.05, 0.1) is 5.69 Å². The maximum atomic E-state index is 12.3. The number of hydrogen-bond acceptors (Lipinski definition) is 4. The number of carbonyl (C=O) groups is 2. The van der Waals surface area contributed by atoms with Crippen LogP contribution in [-0.4, -0.2) is 35.0 Å². The van der Waals surface area contributed by atoms with Crippen molar-refractivity contribution in [2.24, 2.45) is 5.92 Å². The summed E-state index contributed by atoms with van der Waals surface area (Å²) in [6.07, 6.45) is 3.99. The maximum Gasteiger partial charge on any atom is 0.255 e. The van der Waals surface area contributed by atoms with Crippen molar-refractivity contribution >= 4 is 28.5 Å². The number of amides is 2. The van der Waals surface area contributed by atoms with Crippen LogP contribution in [0.1, 0.15) is 42.2 Å². The molecule has 1 saturated heterocycles. The first kappa shape index (κ1) is 19.2. The Labute approximate surface area is 169 Å². The third kappa shape index (κ3) is 4.47. The van der Waals surface area contributed by atoms with E-state index in [1.807, 2.05) is 41.3 Å². The van der Waals surface area contributed by atoms with Crippen molar-refractivity contribution in [1.29, 1.82) is 0 Å². The van der Waals surface area contributed by atoms with Gasteiger partial charge in [0.25, 0.3) is 5.91 Å². The van der Waals surface area contributed by atoms with E-state index in [1.165, 1.54) is 0 Å². The van der Waals surface area contributed by atoms with Crippen molar-refractivity contribution in [3.8, 4) is 0 Å². The molecule has 150 valence electrons. The van der Waals surface area contributed by atoms with Crippen LogP contribution in [0.3, 0.4) is 0 Å². The van der Waals surface area contributed by atoms with E-state index < -0.39 is 0 Å². The topological polar surface area (TPSA) is 75.4 Å². The van der Waals surface area contributed by atoms with Crippen molar-refractivity contribution in [3.05, 3.63) is 59.8 Å². The average Bonchev–Trinajstić information content (AvgIpc) is 3.15. The third-order valence-corrected chi connectivity index (χ3v) is 5.69. The summed E-state index contributed by atoms with van der Waals surface area (Å²) >= 11 is 0. The van der Waals surface area contributed by atoms with Crippen LogP contribution in [0.4, 0.5) is 5.69 Å². The summed E-state index contributed by atoms with van der Waals surface area (Å²) in [5.41, 5.74) is 2.93. The van der Waals surface area contributed by atoms with Crippen LogP contribution in [0.15, 0.2) is 53.1 Å². The minimum atomic E-state index is -0.151. The predicted octanol–water partition coefficient (Wildman–Crippen LogP) is 4.27.